The van der Waals surface area contributed by atoms with Gasteiger partial charge < -0.3 is 15.4 Å². The van der Waals surface area contributed by atoms with Gasteiger partial charge in [-0.25, -0.2) is 9.97 Å². The Morgan fingerprint density at radius 3 is 2.71 bits per heavy atom. The maximum atomic E-state index is 6.09. The van der Waals surface area contributed by atoms with E-state index in [9.17, 15) is 0 Å². The van der Waals surface area contributed by atoms with Crippen LogP contribution in [0, 0.1) is 0 Å². The van der Waals surface area contributed by atoms with Crippen LogP contribution in [0.4, 0.5) is 17.3 Å². The molecule has 0 aliphatic rings. The predicted octanol–water partition coefficient (Wildman–Crippen LogP) is 4.47. The van der Waals surface area contributed by atoms with Gasteiger partial charge in [0.1, 0.15) is 6.33 Å². The van der Waals surface area contributed by atoms with Crippen LogP contribution in [0.15, 0.2) is 29.0 Å². The minimum Gasteiger partial charge on any atom is -0.490 e. The first-order valence-electron chi connectivity index (χ1n) is 6.50. The molecule has 0 saturated heterocycles. The number of benzene rings is 1. The van der Waals surface area contributed by atoms with Crippen molar-refractivity contribution in [1.29, 1.82) is 0 Å². The van der Waals surface area contributed by atoms with Crippen LogP contribution in [0.3, 0.4) is 0 Å². The van der Waals surface area contributed by atoms with E-state index in [0.717, 1.165) is 23.1 Å². The van der Waals surface area contributed by atoms with E-state index in [1.54, 1.807) is 7.11 Å². The molecule has 0 radical (unpaired) electrons. The Bertz CT molecular complexity index is 624. The summed E-state index contributed by atoms with van der Waals surface area (Å²) in [6.45, 7) is 2.90. The summed E-state index contributed by atoms with van der Waals surface area (Å²) in [5.74, 6) is 1.83. The van der Waals surface area contributed by atoms with Crippen molar-refractivity contribution in [2.75, 3.05) is 24.3 Å². The summed E-state index contributed by atoms with van der Waals surface area (Å²) in [4.78, 5) is 8.42. The maximum Gasteiger partial charge on any atom is 0.204 e. The maximum absolute atomic E-state index is 6.09. The van der Waals surface area contributed by atoms with Gasteiger partial charge in [0, 0.05) is 16.7 Å². The highest BCUT2D eigenvalue weighted by molar-refractivity contribution is 9.10. The van der Waals surface area contributed by atoms with Crippen molar-refractivity contribution in [1.82, 2.24) is 9.97 Å². The lowest BCUT2D eigenvalue weighted by molar-refractivity contribution is 0.415. The number of methoxy groups -OCH3 is 1. The summed E-state index contributed by atoms with van der Waals surface area (Å²) in [5.41, 5.74) is 0.821. The number of halogens is 2. The molecule has 2 aromatic rings. The van der Waals surface area contributed by atoms with E-state index in [1.165, 1.54) is 6.33 Å². The Morgan fingerprint density at radius 1 is 1.29 bits per heavy atom. The molecule has 0 saturated carbocycles. The fourth-order valence-electron chi connectivity index (χ4n) is 1.74. The molecule has 7 heteroatoms. The van der Waals surface area contributed by atoms with Crippen LogP contribution in [0.25, 0.3) is 0 Å². The molecule has 21 heavy (non-hydrogen) atoms. The third-order valence-electron chi connectivity index (χ3n) is 2.73. The Labute approximate surface area is 137 Å². The molecule has 0 atom stereocenters. The molecule has 112 valence electrons. The zero-order chi connectivity index (χ0) is 15.2. The molecule has 1 heterocycles. The standard InChI is InChI=1S/C14H16BrClN4O/c1-3-6-17-13-12(21-2)14(19-8-18-13)20-9-4-5-10(15)11(16)7-9/h4-5,7-8H,3,6H2,1-2H3,(H2,17,18,19,20). The number of nitrogens with zero attached hydrogens (tertiary/aromatic N) is 2. The molecule has 1 aromatic carbocycles. The van der Waals surface area contributed by atoms with Gasteiger partial charge in [-0.05, 0) is 40.5 Å². The van der Waals surface area contributed by atoms with Gasteiger partial charge in [-0.2, -0.15) is 0 Å². The Kier molecular flexibility index (Phi) is 5.64. The Hall–Kier alpha value is -1.53. The van der Waals surface area contributed by atoms with Crippen molar-refractivity contribution in [3.8, 4) is 5.75 Å². The quantitative estimate of drug-likeness (QED) is 0.784. The molecular weight excluding hydrogens is 356 g/mol. The van der Waals surface area contributed by atoms with Crippen LogP contribution >= 0.6 is 27.5 Å². The summed E-state index contributed by atoms with van der Waals surface area (Å²) in [6, 6.07) is 5.58. The van der Waals surface area contributed by atoms with Crippen molar-refractivity contribution in [3.05, 3.63) is 34.0 Å². The highest BCUT2D eigenvalue weighted by atomic mass is 79.9. The number of hydrogen-bond acceptors (Lipinski definition) is 5. The highest BCUT2D eigenvalue weighted by Crippen LogP contribution is 2.33. The second-order valence-electron chi connectivity index (χ2n) is 4.28. The van der Waals surface area contributed by atoms with Gasteiger partial charge in [0.25, 0.3) is 0 Å². The average Bonchev–Trinajstić information content (AvgIpc) is 2.49. The van der Waals surface area contributed by atoms with E-state index in [0.29, 0.717) is 22.4 Å². The molecule has 0 fully saturated rings. The lowest BCUT2D eigenvalue weighted by Gasteiger charge is -2.14. The van der Waals surface area contributed by atoms with E-state index in [-0.39, 0.29) is 0 Å². The van der Waals surface area contributed by atoms with Crippen LogP contribution in [-0.2, 0) is 0 Å². The molecule has 0 amide bonds. The van der Waals surface area contributed by atoms with Gasteiger partial charge in [-0.1, -0.05) is 18.5 Å². The number of rotatable bonds is 6. The number of anilines is 3. The SMILES string of the molecule is CCCNc1ncnc(Nc2ccc(Br)c(Cl)c2)c1OC. The van der Waals surface area contributed by atoms with Crippen LogP contribution in [-0.4, -0.2) is 23.6 Å². The van der Waals surface area contributed by atoms with Gasteiger partial charge in [0.05, 0.1) is 12.1 Å². The van der Waals surface area contributed by atoms with Gasteiger partial charge in [0.15, 0.2) is 11.6 Å². The molecule has 0 aliphatic carbocycles. The molecule has 5 nitrogen and oxygen atoms in total. The Balaban J connectivity index is 2.28. The van der Waals surface area contributed by atoms with Crippen molar-refractivity contribution < 1.29 is 4.74 Å². The summed E-state index contributed by atoms with van der Waals surface area (Å²) in [5, 5.41) is 7.02. The van der Waals surface area contributed by atoms with Crippen LogP contribution < -0.4 is 15.4 Å². The topological polar surface area (TPSA) is 59.1 Å². The van der Waals surface area contributed by atoms with E-state index in [4.69, 9.17) is 16.3 Å². The largest absolute Gasteiger partial charge is 0.490 e. The monoisotopic (exact) mass is 370 g/mol. The van der Waals surface area contributed by atoms with Crippen LogP contribution in [0.5, 0.6) is 5.75 Å². The van der Waals surface area contributed by atoms with Crippen molar-refractivity contribution in [3.63, 3.8) is 0 Å². The summed E-state index contributed by atoms with van der Waals surface area (Å²) >= 11 is 9.45. The minimum atomic E-state index is 0.574. The average molecular weight is 372 g/mol. The molecule has 2 rings (SSSR count). The lowest BCUT2D eigenvalue weighted by Crippen LogP contribution is -2.07. The molecule has 0 unspecified atom stereocenters. The summed E-state index contributed by atoms with van der Waals surface area (Å²) in [6.07, 6.45) is 2.49. The molecule has 0 spiro atoms. The third kappa shape index (κ3) is 3.98. The summed E-state index contributed by atoms with van der Waals surface area (Å²) < 4.78 is 6.25. The van der Waals surface area contributed by atoms with Gasteiger partial charge in [-0.3, -0.25) is 0 Å². The van der Waals surface area contributed by atoms with Crippen molar-refractivity contribution >= 4 is 44.9 Å². The van der Waals surface area contributed by atoms with Gasteiger partial charge in [0.2, 0.25) is 5.75 Å². The number of hydrogen-bond donors (Lipinski definition) is 2. The number of ether oxygens (including phenoxy) is 1. The second-order valence-corrected chi connectivity index (χ2v) is 5.55. The Morgan fingerprint density at radius 2 is 2.05 bits per heavy atom. The highest BCUT2D eigenvalue weighted by Gasteiger charge is 2.12. The van der Waals surface area contributed by atoms with Crippen LogP contribution in [0.2, 0.25) is 5.02 Å². The predicted molar refractivity (Wildman–Crippen MR) is 89.8 cm³/mol. The lowest BCUT2D eigenvalue weighted by atomic mass is 10.3. The number of nitrogens with one attached hydrogen (secondary N) is 2. The molecule has 0 bridgehead atoms. The zero-order valence-electron chi connectivity index (χ0n) is 11.8. The first-order valence-corrected chi connectivity index (χ1v) is 7.67. The van der Waals surface area contributed by atoms with Crippen molar-refractivity contribution in [2.24, 2.45) is 0 Å². The van der Waals surface area contributed by atoms with Gasteiger partial charge >= 0.3 is 0 Å². The number of aromatic nitrogens is 2. The first-order chi connectivity index (χ1) is 10.2. The molecule has 1 aromatic heterocycles. The van der Waals surface area contributed by atoms with Crippen molar-refractivity contribution in [2.45, 2.75) is 13.3 Å². The fourth-order valence-corrected chi connectivity index (χ4v) is 2.16. The van der Waals surface area contributed by atoms with E-state index in [1.807, 2.05) is 18.2 Å². The second kappa shape index (κ2) is 7.47. The zero-order valence-corrected chi connectivity index (χ0v) is 14.1. The van der Waals surface area contributed by atoms with E-state index >= 15 is 0 Å². The van der Waals surface area contributed by atoms with E-state index in [2.05, 4.69) is 43.5 Å². The fraction of sp³-hybridized carbons (Fsp3) is 0.286. The third-order valence-corrected chi connectivity index (χ3v) is 3.97. The smallest absolute Gasteiger partial charge is 0.204 e. The molecule has 2 N–H and O–H groups in total. The summed E-state index contributed by atoms with van der Waals surface area (Å²) in [7, 11) is 1.59. The molecular formula is C14H16BrClN4O. The minimum absolute atomic E-state index is 0.574. The molecule has 0 aliphatic heterocycles. The van der Waals surface area contributed by atoms with Crippen LogP contribution in [0.1, 0.15) is 13.3 Å². The normalized spacial score (nSPS) is 10.3. The first kappa shape index (κ1) is 15.9. The van der Waals surface area contributed by atoms with Gasteiger partial charge in [-0.15, -0.1) is 0 Å². The van der Waals surface area contributed by atoms with E-state index < -0.39 is 0 Å².